The van der Waals surface area contributed by atoms with Gasteiger partial charge in [0.15, 0.2) is 5.78 Å². The molecule has 1 aromatic heterocycles. The lowest BCUT2D eigenvalue weighted by molar-refractivity contribution is -0.0437. The summed E-state index contributed by atoms with van der Waals surface area (Å²) in [6, 6.07) is 10.9. The van der Waals surface area contributed by atoms with E-state index in [1.807, 2.05) is 19.9 Å². The number of carbonyl (C=O) groups excluding carboxylic acids is 1. The highest BCUT2D eigenvalue weighted by molar-refractivity contribution is 7.81. The Hall–Kier alpha value is -3.12. The van der Waals surface area contributed by atoms with Crippen LogP contribution in [0.3, 0.4) is 0 Å². The number of aromatic nitrogens is 1. The van der Waals surface area contributed by atoms with Crippen molar-refractivity contribution in [2.75, 3.05) is 0 Å². The maximum absolute atomic E-state index is 13.2. The van der Waals surface area contributed by atoms with Gasteiger partial charge in [-0.25, -0.2) is 4.21 Å². The summed E-state index contributed by atoms with van der Waals surface area (Å²) < 4.78 is 53.4. The van der Waals surface area contributed by atoms with Crippen molar-refractivity contribution in [1.29, 1.82) is 5.26 Å². The number of nitrogens with zero attached hydrogens (tertiary/aromatic N) is 1. The van der Waals surface area contributed by atoms with Gasteiger partial charge in [-0.3, -0.25) is 4.79 Å². The zero-order valence-corrected chi connectivity index (χ0v) is 16.0. The van der Waals surface area contributed by atoms with Gasteiger partial charge in [0.2, 0.25) is 0 Å². The number of rotatable bonds is 2. The molecule has 4 rings (SSSR count). The SMILES string of the molecule is CC1(C)c2ccc(OS(=O)C(F)(F)F)cc2C(=O)c2c1[nH]c1cc(C#N)ccc21. The van der Waals surface area contributed by atoms with E-state index in [1.54, 1.807) is 18.2 Å². The molecular formula is C20H13F3N2O3S. The van der Waals surface area contributed by atoms with Crippen molar-refractivity contribution < 1.29 is 26.4 Å². The predicted octanol–water partition coefficient (Wildman–Crippen LogP) is 4.47. The fourth-order valence-electron chi connectivity index (χ4n) is 3.68. The van der Waals surface area contributed by atoms with E-state index in [9.17, 15) is 22.2 Å². The molecule has 0 spiro atoms. The quantitative estimate of drug-likeness (QED) is 0.666. The first-order valence-corrected chi connectivity index (χ1v) is 9.54. The van der Waals surface area contributed by atoms with Gasteiger partial charge in [0.1, 0.15) is 5.75 Å². The van der Waals surface area contributed by atoms with Crippen LogP contribution in [0.25, 0.3) is 10.9 Å². The zero-order valence-electron chi connectivity index (χ0n) is 15.2. The summed E-state index contributed by atoms with van der Waals surface area (Å²) in [6.45, 7) is 3.76. The molecule has 1 atom stereocenters. The first-order valence-electron chi connectivity index (χ1n) is 8.46. The molecule has 1 heterocycles. The Morgan fingerprint density at radius 1 is 1.17 bits per heavy atom. The lowest BCUT2D eigenvalue weighted by Crippen LogP contribution is -2.30. The predicted molar refractivity (Wildman–Crippen MR) is 99.8 cm³/mol. The highest BCUT2D eigenvalue weighted by atomic mass is 32.2. The molecule has 1 aliphatic carbocycles. The lowest BCUT2D eigenvalue weighted by Gasteiger charge is -2.32. The summed E-state index contributed by atoms with van der Waals surface area (Å²) >= 11 is -3.53. The topological polar surface area (TPSA) is 83.0 Å². The van der Waals surface area contributed by atoms with Gasteiger partial charge in [0.05, 0.1) is 17.2 Å². The van der Waals surface area contributed by atoms with Crippen molar-refractivity contribution in [3.63, 3.8) is 0 Å². The Morgan fingerprint density at radius 2 is 1.90 bits per heavy atom. The minimum absolute atomic E-state index is 0.185. The average Bonchev–Trinajstić information content (AvgIpc) is 3.05. The normalized spacial score (nSPS) is 16.1. The van der Waals surface area contributed by atoms with Crippen molar-refractivity contribution in [3.05, 3.63) is 64.3 Å². The smallest absolute Gasteiger partial charge is 0.394 e. The maximum atomic E-state index is 13.2. The van der Waals surface area contributed by atoms with Crippen molar-refractivity contribution in [1.82, 2.24) is 4.98 Å². The van der Waals surface area contributed by atoms with Gasteiger partial charge in [0.25, 0.3) is 0 Å². The highest BCUT2D eigenvalue weighted by Crippen LogP contribution is 2.44. The fourth-order valence-corrected chi connectivity index (χ4v) is 4.06. The van der Waals surface area contributed by atoms with Crippen LogP contribution >= 0.6 is 0 Å². The second kappa shape index (κ2) is 6.19. The van der Waals surface area contributed by atoms with Gasteiger partial charge in [-0.05, 0) is 29.8 Å². The summed E-state index contributed by atoms with van der Waals surface area (Å²) in [6.07, 6.45) is 0. The van der Waals surface area contributed by atoms with Crippen molar-refractivity contribution >= 4 is 27.8 Å². The van der Waals surface area contributed by atoms with Crippen LogP contribution in [0.15, 0.2) is 36.4 Å². The molecule has 0 saturated carbocycles. The van der Waals surface area contributed by atoms with E-state index in [2.05, 4.69) is 9.17 Å². The van der Waals surface area contributed by atoms with Gasteiger partial charge in [-0.15, -0.1) is 0 Å². The van der Waals surface area contributed by atoms with Crippen LogP contribution < -0.4 is 4.18 Å². The Labute approximate surface area is 165 Å². The van der Waals surface area contributed by atoms with E-state index < -0.39 is 22.0 Å². The number of aromatic amines is 1. The van der Waals surface area contributed by atoms with Crippen LogP contribution in [-0.2, 0) is 16.5 Å². The van der Waals surface area contributed by atoms with Crippen molar-refractivity contribution in [3.8, 4) is 11.8 Å². The Kier molecular flexibility index (Phi) is 4.10. The summed E-state index contributed by atoms with van der Waals surface area (Å²) in [7, 11) is 0. The molecule has 1 aliphatic rings. The number of hydrogen-bond acceptors (Lipinski definition) is 4. The molecule has 0 saturated heterocycles. The number of halogens is 3. The molecule has 1 N–H and O–H groups in total. The molecule has 0 amide bonds. The number of H-pyrrole nitrogens is 1. The third kappa shape index (κ3) is 2.91. The van der Waals surface area contributed by atoms with E-state index in [0.717, 1.165) is 0 Å². The Balaban J connectivity index is 1.87. The second-order valence-corrected chi connectivity index (χ2v) is 8.27. The minimum atomic E-state index is -5.03. The van der Waals surface area contributed by atoms with Crippen LogP contribution in [0, 0.1) is 11.3 Å². The van der Waals surface area contributed by atoms with Gasteiger partial charge in [0, 0.05) is 27.6 Å². The molecular weight excluding hydrogens is 405 g/mol. The zero-order chi connectivity index (χ0) is 21.1. The minimum Gasteiger partial charge on any atom is -0.394 e. The van der Waals surface area contributed by atoms with Gasteiger partial charge in [-0.2, -0.15) is 18.4 Å². The fraction of sp³-hybridized carbons (Fsp3) is 0.200. The molecule has 9 heteroatoms. The van der Waals surface area contributed by atoms with E-state index in [0.29, 0.717) is 33.3 Å². The molecule has 0 radical (unpaired) electrons. The third-order valence-electron chi connectivity index (χ3n) is 5.05. The molecule has 2 aromatic carbocycles. The molecule has 5 nitrogen and oxygen atoms in total. The van der Waals surface area contributed by atoms with Crippen LogP contribution in [0.4, 0.5) is 13.2 Å². The highest BCUT2D eigenvalue weighted by Gasteiger charge is 2.42. The second-order valence-electron chi connectivity index (χ2n) is 7.17. The number of hydrogen-bond donors (Lipinski definition) is 1. The number of nitrogens with one attached hydrogen (secondary N) is 1. The summed E-state index contributed by atoms with van der Waals surface area (Å²) in [5.41, 5.74) is -2.78. The molecule has 148 valence electrons. The summed E-state index contributed by atoms with van der Waals surface area (Å²) in [5.74, 6) is -0.688. The summed E-state index contributed by atoms with van der Waals surface area (Å²) in [5, 5.41) is 9.73. The molecule has 0 fully saturated rings. The third-order valence-corrected chi connectivity index (χ3v) is 5.77. The van der Waals surface area contributed by atoms with Gasteiger partial charge < -0.3 is 9.17 Å². The first-order chi connectivity index (χ1) is 13.5. The van der Waals surface area contributed by atoms with Crippen LogP contribution in [0.5, 0.6) is 5.75 Å². The number of benzene rings is 2. The number of alkyl halides is 3. The van der Waals surface area contributed by atoms with Gasteiger partial charge >= 0.3 is 16.6 Å². The largest absolute Gasteiger partial charge is 0.508 e. The molecule has 1 unspecified atom stereocenters. The Morgan fingerprint density at radius 3 is 2.55 bits per heavy atom. The van der Waals surface area contributed by atoms with E-state index in [1.165, 1.54) is 18.2 Å². The number of fused-ring (bicyclic) bond motifs is 4. The molecule has 0 bridgehead atoms. The monoisotopic (exact) mass is 418 g/mol. The van der Waals surface area contributed by atoms with Gasteiger partial charge in [-0.1, -0.05) is 26.0 Å². The van der Waals surface area contributed by atoms with E-state index >= 15 is 0 Å². The first kappa shape index (κ1) is 19.2. The molecule has 29 heavy (non-hydrogen) atoms. The number of carbonyl (C=O) groups is 1. The standard InChI is InChI=1S/C20H13F3N2O3S/c1-19(2)14-6-4-11(28-29(27)20(21,22)23)8-13(14)17(26)16-12-5-3-10(9-24)7-15(12)25-18(16)19/h3-8,25H,1-2H3. The van der Waals surface area contributed by atoms with Crippen LogP contribution in [0.1, 0.15) is 46.6 Å². The molecule has 0 aliphatic heterocycles. The average molecular weight is 418 g/mol. The summed E-state index contributed by atoms with van der Waals surface area (Å²) in [4.78, 5) is 16.4. The van der Waals surface area contributed by atoms with Crippen molar-refractivity contribution in [2.45, 2.75) is 24.8 Å². The van der Waals surface area contributed by atoms with E-state index in [-0.39, 0.29) is 17.1 Å². The maximum Gasteiger partial charge on any atom is 0.508 e. The Bertz CT molecular complexity index is 1250. The van der Waals surface area contributed by atoms with E-state index in [4.69, 9.17) is 5.26 Å². The molecule has 3 aromatic rings. The van der Waals surface area contributed by atoms with Crippen LogP contribution in [-0.4, -0.2) is 20.5 Å². The number of ketones is 1. The lowest BCUT2D eigenvalue weighted by atomic mass is 9.71. The number of nitriles is 1. The van der Waals surface area contributed by atoms with Crippen molar-refractivity contribution in [2.24, 2.45) is 0 Å². The van der Waals surface area contributed by atoms with Crippen LogP contribution in [0.2, 0.25) is 0 Å².